The molecule has 0 saturated carbocycles. The largest absolute Gasteiger partial charge is 0.399 e. The molecule has 0 unspecified atom stereocenters. The van der Waals surface area contributed by atoms with Gasteiger partial charge in [-0.3, -0.25) is 9.59 Å². The van der Waals surface area contributed by atoms with E-state index in [0.29, 0.717) is 53.9 Å². The van der Waals surface area contributed by atoms with Crippen LogP contribution in [0.4, 0.5) is 21.5 Å². The summed E-state index contributed by atoms with van der Waals surface area (Å²) in [5.41, 5.74) is 9.20. The molecule has 4 aromatic rings. The summed E-state index contributed by atoms with van der Waals surface area (Å²) in [6.07, 6.45) is 2.22. The SMILES string of the molecule is Nc1ccc(NC(=O)c2cc3cc(NC(=O)CC4CCOCC4)ccc3n2Cc2ccccc2F)cc1. The Kier molecular flexibility index (Phi) is 7.18. The highest BCUT2D eigenvalue weighted by molar-refractivity contribution is 6.07. The summed E-state index contributed by atoms with van der Waals surface area (Å²) in [5.74, 6) is -0.394. The number of nitrogen functional groups attached to an aromatic ring is 1. The van der Waals surface area contributed by atoms with E-state index < -0.39 is 0 Å². The third kappa shape index (κ3) is 5.81. The topological polar surface area (TPSA) is 98.4 Å². The minimum atomic E-state index is -0.341. The molecule has 0 atom stereocenters. The van der Waals surface area contributed by atoms with Gasteiger partial charge in [0.25, 0.3) is 5.91 Å². The molecule has 1 fully saturated rings. The lowest BCUT2D eigenvalue weighted by Crippen LogP contribution is -2.22. The van der Waals surface area contributed by atoms with Gasteiger partial charge in [-0.05, 0) is 73.4 Å². The van der Waals surface area contributed by atoms with Gasteiger partial charge in [-0.2, -0.15) is 0 Å². The van der Waals surface area contributed by atoms with Gasteiger partial charge in [0.15, 0.2) is 0 Å². The third-order valence-corrected chi connectivity index (χ3v) is 6.69. The standard InChI is InChI=1S/C29H29FN4O3/c30-25-4-2-1-3-20(25)18-34-26-10-9-24(32-28(35)15-19-11-13-37-14-12-19)16-21(26)17-27(34)29(36)33-23-7-5-22(31)6-8-23/h1-10,16-17,19H,11-15,18,31H2,(H,32,35)(H,33,36). The Hall–Kier alpha value is -4.17. The summed E-state index contributed by atoms with van der Waals surface area (Å²) in [7, 11) is 0. The lowest BCUT2D eigenvalue weighted by molar-refractivity contribution is -0.117. The molecule has 1 aliphatic heterocycles. The predicted octanol–water partition coefficient (Wildman–Crippen LogP) is 5.42. The van der Waals surface area contributed by atoms with Gasteiger partial charge in [-0.25, -0.2) is 4.39 Å². The number of anilines is 3. The van der Waals surface area contributed by atoms with Gasteiger partial charge in [0, 0.05) is 53.2 Å². The molecule has 1 saturated heterocycles. The molecule has 1 aromatic heterocycles. The van der Waals surface area contributed by atoms with Crippen LogP contribution < -0.4 is 16.4 Å². The van der Waals surface area contributed by atoms with E-state index in [1.807, 2.05) is 18.2 Å². The van der Waals surface area contributed by atoms with E-state index in [-0.39, 0.29) is 24.2 Å². The summed E-state index contributed by atoms with van der Waals surface area (Å²) in [6, 6.07) is 20.6. The maximum atomic E-state index is 14.5. The van der Waals surface area contributed by atoms with Crippen molar-refractivity contribution in [3.63, 3.8) is 0 Å². The zero-order valence-electron chi connectivity index (χ0n) is 20.4. The Labute approximate surface area is 214 Å². The molecular weight excluding hydrogens is 471 g/mol. The first-order valence-corrected chi connectivity index (χ1v) is 12.4. The van der Waals surface area contributed by atoms with Crippen LogP contribution >= 0.6 is 0 Å². The molecule has 0 radical (unpaired) electrons. The molecule has 8 heteroatoms. The first-order valence-electron chi connectivity index (χ1n) is 12.4. The third-order valence-electron chi connectivity index (χ3n) is 6.69. The van der Waals surface area contributed by atoms with Gasteiger partial charge in [0.05, 0.1) is 6.54 Å². The molecule has 0 aliphatic carbocycles. The lowest BCUT2D eigenvalue weighted by Gasteiger charge is -2.21. The second kappa shape index (κ2) is 10.8. The molecule has 4 N–H and O–H groups in total. The Morgan fingerprint density at radius 3 is 2.43 bits per heavy atom. The van der Waals surface area contributed by atoms with E-state index in [0.717, 1.165) is 23.7 Å². The van der Waals surface area contributed by atoms with Crippen molar-refractivity contribution in [2.24, 2.45) is 5.92 Å². The molecular formula is C29H29FN4O3. The Bertz CT molecular complexity index is 1430. The fourth-order valence-corrected chi connectivity index (χ4v) is 4.69. The number of amides is 2. The highest BCUT2D eigenvalue weighted by Gasteiger charge is 2.20. The number of ether oxygens (including phenoxy) is 1. The van der Waals surface area contributed by atoms with Crippen molar-refractivity contribution < 1.29 is 18.7 Å². The van der Waals surface area contributed by atoms with Gasteiger partial charge >= 0.3 is 0 Å². The first-order chi connectivity index (χ1) is 18.0. The second-order valence-electron chi connectivity index (χ2n) is 9.36. The molecule has 190 valence electrons. The van der Waals surface area contributed by atoms with Crippen LogP contribution in [0.2, 0.25) is 0 Å². The van der Waals surface area contributed by atoms with Crippen molar-refractivity contribution in [3.8, 4) is 0 Å². The number of carbonyl (C=O) groups excluding carboxylic acids is 2. The maximum Gasteiger partial charge on any atom is 0.272 e. The predicted molar refractivity (Wildman–Crippen MR) is 143 cm³/mol. The number of fused-ring (bicyclic) bond motifs is 1. The van der Waals surface area contributed by atoms with Gasteiger partial charge in [-0.15, -0.1) is 0 Å². The van der Waals surface area contributed by atoms with Crippen molar-refractivity contribution in [2.75, 3.05) is 29.6 Å². The van der Waals surface area contributed by atoms with E-state index in [9.17, 15) is 14.0 Å². The number of hydrogen-bond acceptors (Lipinski definition) is 4. The summed E-state index contributed by atoms with van der Waals surface area (Å²) >= 11 is 0. The van der Waals surface area contributed by atoms with Crippen molar-refractivity contribution in [2.45, 2.75) is 25.8 Å². The number of aromatic nitrogens is 1. The Balaban J connectivity index is 1.44. The van der Waals surface area contributed by atoms with E-state index in [4.69, 9.17) is 10.5 Å². The molecule has 7 nitrogen and oxygen atoms in total. The highest BCUT2D eigenvalue weighted by atomic mass is 19.1. The zero-order chi connectivity index (χ0) is 25.8. The number of nitrogens with zero attached hydrogens (tertiary/aromatic N) is 1. The van der Waals surface area contributed by atoms with E-state index >= 15 is 0 Å². The smallest absolute Gasteiger partial charge is 0.272 e. The fraction of sp³-hybridized carbons (Fsp3) is 0.241. The number of halogens is 1. The second-order valence-corrected chi connectivity index (χ2v) is 9.36. The summed E-state index contributed by atoms with van der Waals surface area (Å²) < 4.78 is 21.7. The summed E-state index contributed by atoms with van der Waals surface area (Å²) in [6.45, 7) is 1.57. The monoisotopic (exact) mass is 500 g/mol. The minimum absolute atomic E-state index is 0.0432. The van der Waals surface area contributed by atoms with Crippen LogP contribution in [0.5, 0.6) is 0 Å². The van der Waals surface area contributed by atoms with Gasteiger partial charge in [0.2, 0.25) is 5.91 Å². The average Bonchev–Trinajstić information content (AvgIpc) is 3.25. The Morgan fingerprint density at radius 2 is 1.68 bits per heavy atom. The van der Waals surface area contributed by atoms with E-state index in [1.165, 1.54) is 6.07 Å². The molecule has 0 bridgehead atoms. The summed E-state index contributed by atoms with van der Waals surface area (Å²) in [4.78, 5) is 25.9. The lowest BCUT2D eigenvalue weighted by atomic mass is 9.96. The van der Waals surface area contributed by atoms with Crippen LogP contribution in [-0.2, 0) is 16.1 Å². The molecule has 37 heavy (non-hydrogen) atoms. The normalized spacial score (nSPS) is 14.0. The van der Waals surface area contributed by atoms with Crippen LogP contribution in [0.25, 0.3) is 10.9 Å². The van der Waals surface area contributed by atoms with E-state index in [2.05, 4.69) is 10.6 Å². The summed E-state index contributed by atoms with van der Waals surface area (Å²) in [5, 5.41) is 6.64. The number of nitrogens with one attached hydrogen (secondary N) is 2. The molecule has 0 spiro atoms. The van der Waals surface area contributed by atoms with Crippen LogP contribution in [0.15, 0.2) is 72.8 Å². The van der Waals surface area contributed by atoms with Gasteiger partial charge in [0.1, 0.15) is 11.5 Å². The average molecular weight is 501 g/mol. The van der Waals surface area contributed by atoms with Gasteiger partial charge < -0.3 is 25.7 Å². The quantitative estimate of drug-likeness (QED) is 0.295. The van der Waals surface area contributed by atoms with Crippen LogP contribution in [-0.4, -0.2) is 29.6 Å². The Morgan fingerprint density at radius 1 is 0.946 bits per heavy atom. The van der Waals surface area contributed by atoms with Crippen molar-refractivity contribution in [3.05, 3.63) is 89.9 Å². The van der Waals surface area contributed by atoms with Crippen molar-refractivity contribution in [1.82, 2.24) is 4.57 Å². The first kappa shape index (κ1) is 24.5. The maximum absolute atomic E-state index is 14.5. The molecule has 1 aliphatic rings. The van der Waals surface area contributed by atoms with Crippen molar-refractivity contribution >= 4 is 39.8 Å². The number of benzene rings is 3. The van der Waals surface area contributed by atoms with Gasteiger partial charge in [-0.1, -0.05) is 18.2 Å². The molecule has 2 heterocycles. The number of hydrogen-bond donors (Lipinski definition) is 3. The minimum Gasteiger partial charge on any atom is -0.399 e. The number of nitrogens with two attached hydrogens (primary N) is 1. The van der Waals surface area contributed by atoms with Crippen LogP contribution in [0.1, 0.15) is 35.3 Å². The number of rotatable bonds is 7. The fourth-order valence-electron chi connectivity index (χ4n) is 4.69. The molecule has 3 aromatic carbocycles. The molecule has 5 rings (SSSR count). The molecule has 2 amide bonds. The highest BCUT2D eigenvalue weighted by Crippen LogP contribution is 2.27. The van der Waals surface area contributed by atoms with Crippen LogP contribution in [0, 0.1) is 11.7 Å². The number of carbonyl (C=O) groups is 2. The van der Waals surface area contributed by atoms with Crippen LogP contribution in [0.3, 0.4) is 0 Å². The zero-order valence-corrected chi connectivity index (χ0v) is 20.4. The van der Waals surface area contributed by atoms with Crippen molar-refractivity contribution in [1.29, 1.82) is 0 Å². The van der Waals surface area contributed by atoms with E-state index in [1.54, 1.807) is 53.1 Å².